The number of piperazine rings is 1. The first kappa shape index (κ1) is 12.8. The van der Waals surface area contributed by atoms with Gasteiger partial charge in [0.15, 0.2) is 0 Å². The summed E-state index contributed by atoms with van der Waals surface area (Å²) < 4.78 is 23.2. The van der Waals surface area contributed by atoms with E-state index in [1.54, 1.807) is 18.2 Å². The summed E-state index contributed by atoms with van der Waals surface area (Å²) in [5, 5.41) is 4.12. The van der Waals surface area contributed by atoms with Crippen LogP contribution in [-0.2, 0) is 9.84 Å². The van der Waals surface area contributed by atoms with Crippen molar-refractivity contribution in [2.75, 3.05) is 19.6 Å². The molecular formula is C10H14ClN3O2S. The minimum atomic E-state index is -3.71. The van der Waals surface area contributed by atoms with E-state index in [2.05, 4.69) is 5.32 Å². The van der Waals surface area contributed by atoms with Gasteiger partial charge in [-0.25, -0.2) is 13.4 Å². The summed E-state index contributed by atoms with van der Waals surface area (Å²) in [6.07, 6.45) is 0. The Balaban J connectivity index is 2.45. The topological polar surface area (TPSA) is 75.4 Å². The molecule has 1 aliphatic rings. The SMILES string of the molecule is NN1CCNCC1(Cl)S(=O)(=O)c1ccccc1. The summed E-state index contributed by atoms with van der Waals surface area (Å²) in [5.74, 6) is 5.72. The first-order valence-electron chi connectivity index (χ1n) is 5.20. The number of nitrogens with one attached hydrogen (secondary N) is 1. The average molecular weight is 276 g/mol. The van der Waals surface area contributed by atoms with Crippen molar-refractivity contribution in [3.05, 3.63) is 30.3 Å². The van der Waals surface area contributed by atoms with Crippen molar-refractivity contribution in [1.29, 1.82) is 0 Å². The number of rotatable bonds is 2. The summed E-state index contributed by atoms with van der Waals surface area (Å²) in [7, 11) is -3.71. The Labute approximate surface area is 105 Å². The second kappa shape index (κ2) is 4.55. The van der Waals surface area contributed by atoms with Gasteiger partial charge in [0.25, 0.3) is 0 Å². The van der Waals surface area contributed by atoms with E-state index in [4.69, 9.17) is 17.4 Å². The molecule has 0 saturated carbocycles. The molecular weight excluding hydrogens is 262 g/mol. The van der Waals surface area contributed by atoms with Gasteiger partial charge in [0.05, 0.1) is 4.90 Å². The molecule has 0 aromatic heterocycles. The minimum absolute atomic E-state index is 0.0995. The van der Waals surface area contributed by atoms with Gasteiger partial charge in [-0.15, -0.1) is 0 Å². The van der Waals surface area contributed by atoms with Crippen LogP contribution in [0.3, 0.4) is 0 Å². The number of alkyl halides is 1. The molecule has 17 heavy (non-hydrogen) atoms. The molecule has 94 valence electrons. The van der Waals surface area contributed by atoms with Gasteiger partial charge >= 0.3 is 0 Å². The van der Waals surface area contributed by atoms with Gasteiger partial charge in [-0.1, -0.05) is 29.8 Å². The highest BCUT2D eigenvalue weighted by atomic mass is 35.5. The third-order valence-corrected chi connectivity index (χ3v) is 5.82. The van der Waals surface area contributed by atoms with Crippen molar-refractivity contribution in [3.8, 4) is 0 Å². The number of hydrogen-bond donors (Lipinski definition) is 2. The fraction of sp³-hybridized carbons (Fsp3) is 0.400. The van der Waals surface area contributed by atoms with Crippen LogP contribution in [0.1, 0.15) is 0 Å². The van der Waals surface area contributed by atoms with Gasteiger partial charge in [-0.3, -0.25) is 5.84 Å². The Morgan fingerprint density at radius 2 is 2.00 bits per heavy atom. The van der Waals surface area contributed by atoms with Gasteiger partial charge in [0, 0.05) is 19.6 Å². The van der Waals surface area contributed by atoms with Crippen LogP contribution in [0.4, 0.5) is 0 Å². The van der Waals surface area contributed by atoms with Crippen molar-refractivity contribution in [1.82, 2.24) is 10.3 Å². The lowest BCUT2D eigenvalue weighted by Gasteiger charge is -2.39. The molecule has 0 bridgehead atoms. The molecule has 1 aliphatic heterocycles. The van der Waals surface area contributed by atoms with E-state index in [1.165, 1.54) is 17.1 Å². The molecule has 0 spiro atoms. The Kier molecular flexibility index (Phi) is 3.42. The van der Waals surface area contributed by atoms with E-state index >= 15 is 0 Å². The smallest absolute Gasteiger partial charge is 0.227 e. The fourth-order valence-corrected chi connectivity index (χ4v) is 3.76. The largest absolute Gasteiger partial charge is 0.311 e. The zero-order valence-corrected chi connectivity index (χ0v) is 10.7. The standard InChI is InChI=1S/C10H14ClN3O2S/c11-10(8-13-6-7-14(10)12)17(15,16)9-4-2-1-3-5-9/h1-5,13H,6-8,12H2. The van der Waals surface area contributed by atoms with E-state index in [0.717, 1.165) is 0 Å². The van der Waals surface area contributed by atoms with E-state index in [9.17, 15) is 8.42 Å². The maximum atomic E-state index is 12.4. The quantitative estimate of drug-likeness (QED) is 0.456. The molecule has 2 rings (SSSR count). The van der Waals surface area contributed by atoms with Gasteiger partial charge in [0.2, 0.25) is 14.2 Å². The number of halogens is 1. The summed E-state index contributed by atoms with van der Waals surface area (Å²) in [4.78, 5) is 0.175. The Hall–Kier alpha value is -0.660. The van der Waals surface area contributed by atoms with E-state index in [0.29, 0.717) is 13.1 Å². The first-order chi connectivity index (χ1) is 7.98. The summed E-state index contributed by atoms with van der Waals surface area (Å²) in [6, 6.07) is 8.09. The number of hydrogen-bond acceptors (Lipinski definition) is 5. The second-order valence-electron chi connectivity index (χ2n) is 3.88. The van der Waals surface area contributed by atoms with Crippen LogP contribution in [0, 0.1) is 0 Å². The minimum Gasteiger partial charge on any atom is -0.311 e. The third-order valence-electron chi connectivity index (χ3n) is 2.77. The van der Waals surface area contributed by atoms with Crippen LogP contribution in [0.5, 0.6) is 0 Å². The fourth-order valence-electron chi connectivity index (χ4n) is 1.74. The highest BCUT2D eigenvalue weighted by molar-refractivity contribution is 7.94. The van der Waals surface area contributed by atoms with Crippen LogP contribution in [-0.4, -0.2) is 37.4 Å². The molecule has 1 saturated heterocycles. The van der Waals surface area contributed by atoms with Gasteiger partial charge < -0.3 is 5.32 Å². The van der Waals surface area contributed by atoms with Crippen molar-refractivity contribution in [3.63, 3.8) is 0 Å². The average Bonchev–Trinajstić information content (AvgIpc) is 2.34. The van der Waals surface area contributed by atoms with Gasteiger partial charge in [-0.05, 0) is 12.1 Å². The van der Waals surface area contributed by atoms with Crippen molar-refractivity contribution >= 4 is 21.4 Å². The Morgan fingerprint density at radius 1 is 1.35 bits per heavy atom. The van der Waals surface area contributed by atoms with Crippen LogP contribution >= 0.6 is 11.6 Å². The third kappa shape index (κ3) is 2.07. The molecule has 5 nitrogen and oxygen atoms in total. The Morgan fingerprint density at radius 3 is 2.59 bits per heavy atom. The maximum Gasteiger partial charge on any atom is 0.227 e. The lowest BCUT2D eigenvalue weighted by molar-refractivity contribution is 0.187. The van der Waals surface area contributed by atoms with Crippen LogP contribution in [0.2, 0.25) is 0 Å². The monoisotopic (exact) mass is 275 g/mol. The molecule has 1 aromatic rings. The molecule has 1 aromatic carbocycles. The Bertz CT molecular complexity index is 494. The highest BCUT2D eigenvalue weighted by Gasteiger charge is 2.48. The number of sulfone groups is 1. The van der Waals surface area contributed by atoms with Crippen LogP contribution < -0.4 is 11.2 Å². The molecule has 1 unspecified atom stereocenters. The number of hydrazine groups is 1. The van der Waals surface area contributed by atoms with Gasteiger partial charge in [0.1, 0.15) is 0 Å². The molecule has 0 amide bonds. The van der Waals surface area contributed by atoms with E-state index < -0.39 is 14.2 Å². The predicted octanol–water partition coefficient (Wildman–Crippen LogP) is 0.132. The zero-order chi connectivity index (χ0) is 12.5. The van der Waals surface area contributed by atoms with Crippen LogP contribution in [0.15, 0.2) is 35.2 Å². The lowest BCUT2D eigenvalue weighted by Crippen LogP contribution is -2.64. The summed E-state index contributed by atoms with van der Waals surface area (Å²) >= 11 is 6.20. The molecule has 0 aliphatic carbocycles. The second-order valence-corrected chi connectivity index (χ2v) is 6.88. The molecule has 1 heterocycles. The van der Waals surface area contributed by atoms with E-state index in [-0.39, 0.29) is 11.4 Å². The molecule has 3 N–H and O–H groups in total. The van der Waals surface area contributed by atoms with Crippen molar-refractivity contribution < 1.29 is 8.42 Å². The zero-order valence-electron chi connectivity index (χ0n) is 9.14. The van der Waals surface area contributed by atoms with Gasteiger partial charge in [-0.2, -0.15) is 0 Å². The van der Waals surface area contributed by atoms with Crippen LogP contribution in [0.25, 0.3) is 0 Å². The molecule has 1 atom stereocenters. The van der Waals surface area contributed by atoms with Crippen molar-refractivity contribution in [2.24, 2.45) is 5.84 Å². The maximum absolute atomic E-state index is 12.4. The highest BCUT2D eigenvalue weighted by Crippen LogP contribution is 2.32. The van der Waals surface area contributed by atoms with Crippen molar-refractivity contribution in [2.45, 2.75) is 9.23 Å². The summed E-state index contributed by atoms with van der Waals surface area (Å²) in [6.45, 7) is 1.10. The molecule has 0 radical (unpaired) electrons. The lowest BCUT2D eigenvalue weighted by atomic mass is 10.4. The number of benzene rings is 1. The van der Waals surface area contributed by atoms with E-state index in [1.807, 2.05) is 0 Å². The molecule has 7 heteroatoms. The normalized spacial score (nSPS) is 26.9. The predicted molar refractivity (Wildman–Crippen MR) is 66.0 cm³/mol. The number of nitrogens with zero attached hydrogens (tertiary/aromatic N) is 1. The number of nitrogens with two attached hydrogens (primary N) is 1. The first-order valence-corrected chi connectivity index (χ1v) is 7.06. The summed E-state index contributed by atoms with van der Waals surface area (Å²) in [5.41, 5.74) is 0. The molecule has 1 fully saturated rings.